The fourth-order valence-electron chi connectivity index (χ4n) is 1.81. The molecule has 1 fully saturated rings. The summed E-state index contributed by atoms with van der Waals surface area (Å²) in [5.41, 5.74) is 0. The number of carbonyl (C=O) groups excluding carboxylic acids is 1. The van der Waals surface area contributed by atoms with Crippen LogP contribution in [0.2, 0.25) is 12.6 Å². The highest BCUT2D eigenvalue weighted by molar-refractivity contribution is 6.67. The summed E-state index contributed by atoms with van der Waals surface area (Å²) in [5.74, 6) is 2.31. The molecule has 2 N–H and O–H groups in total. The number of nitrogens with zero attached hydrogens (tertiary/aromatic N) is 1. The summed E-state index contributed by atoms with van der Waals surface area (Å²) in [6.45, 7) is 0.452. The number of carbonyl (C=O) groups is 1. The Labute approximate surface area is 84.4 Å². The Balaban J connectivity index is 2.27. The van der Waals surface area contributed by atoms with Crippen molar-refractivity contribution in [1.29, 1.82) is 5.26 Å². The number of aliphatic hydroxyl groups excluding tert-OH is 1. The van der Waals surface area contributed by atoms with Crippen molar-refractivity contribution in [1.82, 2.24) is 5.32 Å². The van der Waals surface area contributed by atoms with E-state index in [9.17, 15) is 4.79 Å². The van der Waals surface area contributed by atoms with Gasteiger partial charge in [-0.05, 0) is 12.8 Å². The second kappa shape index (κ2) is 5.66. The summed E-state index contributed by atoms with van der Waals surface area (Å²) >= 11 is 0. The van der Waals surface area contributed by atoms with E-state index in [4.69, 9.17) is 10.4 Å². The molecule has 76 valence electrons. The molecule has 0 atom stereocenters. The quantitative estimate of drug-likeness (QED) is 0.624. The van der Waals surface area contributed by atoms with Gasteiger partial charge in [-0.3, -0.25) is 4.79 Å². The van der Waals surface area contributed by atoms with E-state index in [-0.39, 0.29) is 25.1 Å². The molecule has 0 aromatic carbocycles. The molecule has 0 radical (unpaired) electrons. The Morgan fingerprint density at radius 2 is 2.21 bits per heavy atom. The molecule has 0 spiro atoms. The van der Waals surface area contributed by atoms with Crippen molar-refractivity contribution in [3.63, 3.8) is 0 Å². The number of aliphatic hydroxyl groups is 1. The van der Waals surface area contributed by atoms with E-state index in [0.717, 1.165) is 25.5 Å². The maximum Gasteiger partial charge on any atom is 0.267 e. The van der Waals surface area contributed by atoms with Crippen LogP contribution in [0.3, 0.4) is 0 Å². The maximum atomic E-state index is 11.4. The Morgan fingerprint density at radius 3 is 2.71 bits per heavy atom. The van der Waals surface area contributed by atoms with Gasteiger partial charge in [-0.2, -0.15) is 0 Å². The summed E-state index contributed by atoms with van der Waals surface area (Å²) in [6, 6.07) is 0. The van der Waals surface area contributed by atoms with Gasteiger partial charge < -0.3 is 10.4 Å². The van der Waals surface area contributed by atoms with Crippen molar-refractivity contribution >= 4 is 12.6 Å². The predicted octanol–water partition coefficient (Wildman–Crippen LogP) is 0.0625. The third kappa shape index (κ3) is 3.04. The first-order valence-corrected chi connectivity index (χ1v) is 5.06. The highest BCUT2D eigenvalue weighted by atomic mass is 16.3. The molecule has 0 aromatic heterocycles. The molecule has 0 aliphatic carbocycles. The molecular weight excluding hydrogens is 179 g/mol. The van der Waals surface area contributed by atoms with Crippen LogP contribution in [0.15, 0.2) is 0 Å². The summed E-state index contributed by atoms with van der Waals surface area (Å²) in [4.78, 5) is 11.4. The van der Waals surface area contributed by atoms with E-state index in [1.54, 1.807) is 0 Å². The molecule has 1 heterocycles. The molecule has 1 saturated heterocycles. The zero-order valence-corrected chi connectivity index (χ0v) is 8.20. The minimum absolute atomic E-state index is 0.0146. The van der Waals surface area contributed by atoms with Crippen LogP contribution < -0.4 is 5.32 Å². The van der Waals surface area contributed by atoms with Crippen LogP contribution in [0, 0.1) is 17.1 Å². The van der Waals surface area contributed by atoms with Gasteiger partial charge in [-0.1, -0.05) is 12.6 Å². The Morgan fingerprint density at radius 1 is 1.57 bits per heavy atom. The number of amides is 1. The molecule has 1 aliphatic rings. The van der Waals surface area contributed by atoms with E-state index in [1.807, 2.05) is 0 Å². The van der Waals surface area contributed by atoms with Gasteiger partial charge in [0.2, 0.25) is 5.91 Å². The second-order valence-electron chi connectivity index (χ2n) is 3.69. The van der Waals surface area contributed by atoms with Gasteiger partial charge in [0.25, 0.3) is 6.71 Å². The predicted molar refractivity (Wildman–Crippen MR) is 53.8 cm³/mol. The molecular formula is C9H15BN2O2. The van der Waals surface area contributed by atoms with E-state index >= 15 is 0 Å². The summed E-state index contributed by atoms with van der Waals surface area (Å²) in [5, 5.41) is 19.9. The third-order valence-electron chi connectivity index (χ3n) is 2.69. The van der Waals surface area contributed by atoms with Crippen molar-refractivity contribution in [3.8, 4) is 5.97 Å². The number of rotatable bonds is 3. The van der Waals surface area contributed by atoms with Crippen LogP contribution in [0.4, 0.5) is 0 Å². The van der Waals surface area contributed by atoms with Crippen LogP contribution in [0.1, 0.15) is 12.8 Å². The van der Waals surface area contributed by atoms with Gasteiger partial charge in [0, 0.05) is 18.4 Å². The van der Waals surface area contributed by atoms with Gasteiger partial charge in [0.15, 0.2) is 0 Å². The molecule has 0 saturated carbocycles. The molecule has 1 rings (SSSR count). The van der Waals surface area contributed by atoms with Crippen molar-refractivity contribution < 1.29 is 9.90 Å². The SMILES string of the molecule is N#CB1CCC(C(=O)NCCO)CC1. The van der Waals surface area contributed by atoms with Crippen LogP contribution in [-0.4, -0.2) is 30.9 Å². The number of hydrogen-bond donors (Lipinski definition) is 2. The standard InChI is InChI=1S/C9H15BN2O2/c11-7-10-3-1-8(2-4-10)9(14)12-5-6-13/h8,13H,1-6H2,(H,12,14). The molecule has 0 aromatic rings. The van der Waals surface area contributed by atoms with Crippen LogP contribution in [0.25, 0.3) is 0 Å². The van der Waals surface area contributed by atoms with E-state index < -0.39 is 0 Å². The average Bonchev–Trinajstić information content (AvgIpc) is 2.26. The Bertz CT molecular complexity index is 231. The summed E-state index contributed by atoms with van der Waals surface area (Å²) < 4.78 is 0. The summed E-state index contributed by atoms with van der Waals surface area (Å²) in [6.07, 6.45) is 3.26. The van der Waals surface area contributed by atoms with Gasteiger partial charge in [-0.15, -0.1) is 0 Å². The third-order valence-corrected chi connectivity index (χ3v) is 2.69. The Kier molecular flexibility index (Phi) is 4.47. The molecule has 0 bridgehead atoms. The summed E-state index contributed by atoms with van der Waals surface area (Å²) in [7, 11) is 0. The van der Waals surface area contributed by atoms with Crippen molar-refractivity contribution in [2.24, 2.45) is 5.92 Å². The fourth-order valence-corrected chi connectivity index (χ4v) is 1.81. The number of nitriles is 1. The zero-order valence-electron chi connectivity index (χ0n) is 8.20. The first-order valence-electron chi connectivity index (χ1n) is 5.06. The monoisotopic (exact) mass is 194 g/mol. The van der Waals surface area contributed by atoms with Gasteiger partial charge in [0.05, 0.1) is 6.61 Å². The van der Waals surface area contributed by atoms with Crippen LogP contribution in [-0.2, 0) is 4.79 Å². The first kappa shape index (κ1) is 11.1. The van der Waals surface area contributed by atoms with E-state index in [1.165, 1.54) is 0 Å². The first-order chi connectivity index (χ1) is 6.77. The largest absolute Gasteiger partial charge is 0.395 e. The van der Waals surface area contributed by atoms with Crippen LogP contribution in [0.5, 0.6) is 0 Å². The van der Waals surface area contributed by atoms with Gasteiger partial charge in [-0.25, -0.2) is 5.26 Å². The lowest BCUT2D eigenvalue weighted by molar-refractivity contribution is -0.125. The minimum atomic E-state index is -0.0146. The molecule has 4 nitrogen and oxygen atoms in total. The molecule has 14 heavy (non-hydrogen) atoms. The Hall–Kier alpha value is -1.02. The molecule has 1 amide bonds. The van der Waals surface area contributed by atoms with Crippen molar-refractivity contribution in [2.45, 2.75) is 25.5 Å². The lowest BCUT2D eigenvalue weighted by atomic mass is 9.42. The maximum absolute atomic E-state index is 11.4. The second-order valence-corrected chi connectivity index (χ2v) is 3.69. The van der Waals surface area contributed by atoms with Crippen molar-refractivity contribution in [2.75, 3.05) is 13.2 Å². The lowest BCUT2D eigenvalue weighted by Gasteiger charge is -2.21. The average molecular weight is 194 g/mol. The smallest absolute Gasteiger partial charge is 0.267 e. The number of hydrogen-bond acceptors (Lipinski definition) is 3. The topological polar surface area (TPSA) is 73.1 Å². The van der Waals surface area contributed by atoms with E-state index in [2.05, 4.69) is 11.3 Å². The highest BCUT2D eigenvalue weighted by Crippen LogP contribution is 2.24. The minimum Gasteiger partial charge on any atom is -0.395 e. The number of nitrogens with one attached hydrogen (secondary N) is 1. The molecule has 0 unspecified atom stereocenters. The normalized spacial score (nSPS) is 17.6. The molecule has 1 aliphatic heterocycles. The van der Waals surface area contributed by atoms with Gasteiger partial charge >= 0.3 is 0 Å². The van der Waals surface area contributed by atoms with Crippen molar-refractivity contribution in [3.05, 3.63) is 0 Å². The highest BCUT2D eigenvalue weighted by Gasteiger charge is 2.28. The fraction of sp³-hybridized carbons (Fsp3) is 0.778. The van der Waals surface area contributed by atoms with Crippen LogP contribution >= 0.6 is 0 Å². The zero-order chi connectivity index (χ0) is 10.4. The molecule has 5 heteroatoms. The van der Waals surface area contributed by atoms with Gasteiger partial charge in [0.1, 0.15) is 0 Å². The lowest BCUT2D eigenvalue weighted by Crippen LogP contribution is -2.35. The van der Waals surface area contributed by atoms with E-state index in [0.29, 0.717) is 6.54 Å².